The quantitative estimate of drug-likeness (QED) is 0.182. The Balaban J connectivity index is 1.22. The molecule has 2 aromatic carbocycles. The topological polar surface area (TPSA) is 48.1 Å². The Morgan fingerprint density at radius 1 is 1.00 bits per heavy atom. The van der Waals surface area contributed by atoms with Gasteiger partial charge in [0.1, 0.15) is 17.0 Å². The lowest BCUT2D eigenvalue weighted by Gasteiger charge is -2.48. The summed E-state index contributed by atoms with van der Waals surface area (Å²) in [6.45, 7) is 14.3. The molecule has 3 fully saturated rings. The maximum absolute atomic E-state index is 12.6. The molecule has 0 aromatic heterocycles. The van der Waals surface area contributed by atoms with Gasteiger partial charge < -0.3 is 13.9 Å². The second-order valence-electron chi connectivity index (χ2n) is 13.9. The highest BCUT2D eigenvalue weighted by Crippen LogP contribution is 2.73. The minimum atomic E-state index is -1.84. The summed E-state index contributed by atoms with van der Waals surface area (Å²) < 4.78 is 19.8. The van der Waals surface area contributed by atoms with Crippen molar-refractivity contribution in [3.63, 3.8) is 0 Å². The number of ether oxygens (including phenoxy) is 2. The summed E-state index contributed by atoms with van der Waals surface area (Å²) in [5.74, 6) is 0.867. The molecule has 1 unspecified atom stereocenters. The van der Waals surface area contributed by atoms with Gasteiger partial charge in [-0.25, -0.2) is 4.79 Å². The summed E-state index contributed by atoms with van der Waals surface area (Å²) in [7, 11) is -1.84. The average Bonchev–Trinajstić information content (AvgIpc) is 3.41. The van der Waals surface area contributed by atoms with E-state index in [0.717, 1.165) is 38.5 Å². The summed E-state index contributed by atoms with van der Waals surface area (Å²) in [6, 6.07) is 15.4. The number of carbonyl (C=O) groups excluding carboxylic acids is 1. The molecule has 1 heterocycles. The van der Waals surface area contributed by atoms with E-state index in [4.69, 9.17) is 13.9 Å². The molecule has 0 amide bonds. The van der Waals surface area contributed by atoms with E-state index in [0.29, 0.717) is 23.3 Å². The first-order valence-corrected chi connectivity index (χ1v) is 17.1. The van der Waals surface area contributed by atoms with Crippen molar-refractivity contribution in [2.75, 3.05) is 0 Å². The van der Waals surface area contributed by atoms with Crippen LogP contribution in [0.25, 0.3) is 0 Å². The van der Waals surface area contributed by atoms with E-state index >= 15 is 0 Å². The fourth-order valence-electron chi connectivity index (χ4n) is 7.64. The Bertz CT molecular complexity index is 1220. The summed E-state index contributed by atoms with van der Waals surface area (Å²) in [4.78, 5) is 12.6. The third-order valence-electron chi connectivity index (χ3n) is 10.9. The molecule has 37 heavy (non-hydrogen) atoms. The molecule has 2 aromatic rings. The summed E-state index contributed by atoms with van der Waals surface area (Å²) in [5, 5.41) is 0.222. The molecule has 3 aliphatic carbocycles. The standard InChI is InChI=1S/C32H42O4Si/c1-29(2,3)37(5,6)35-27-15-14-26-30(27,4)18-19-31-21-24-20-25(34-28(33)23-10-8-7-9-11-23)13-12-22(24)16-17-32(26,31)36-31/h7-13,20,26-27H,14-19,21H2,1-6H3/t26-,27?,30+,31+,32+/m1/s1. The minimum absolute atomic E-state index is 0.0363. The lowest BCUT2D eigenvalue weighted by atomic mass is 9.58. The van der Waals surface area contributed by atoms with Crippen LogP contribution in [0.3, 0.4) is 0 Å². The molecular weight excluding hydrogens is 476 g/mol. The van der Waals surface area contributed by atoms with Crippen LogP contribution < -0.4 is 4.74 Å². The van der Waals surface area contributed by atoms with Gasteiger partial charge in [-0.1, -0.05) is 52.0 Å². The molecule has 0 N–H and O–H groups in total. The Morgan fingerprint density at radius 3 is 2.49 bits per heavy atom. The second kappa shape index (κ2) is 8.27. The molecule has 2 saturated carbocycles. The van der Waals surface area contributed by atoms with Gasteiger partial charge in [0.15, 0.2) is 8.32 Å². The number of aryl methyl sites for hydroxylation is 1. The van der Waals surface area contributed by atoms with E-state index < -0.39 is 8.32 Å². The Morgan fingerprint density at radius 2 is 1.76 bits per heavy atom. The number of hydrogen-bond donors (Lipinski definition) is 0. The van der Waals surface area contributed by atoms with E-state index in [2.05, 4.69) is 52.9 Å². The maximum Gasteiger partial charge on any atom is 0.343 e. The van der Waals surface area contributed by atoms with Crippen LogP contribution in [-0.2, 0) is 22.0 Å². The van der Waals surface area contributed by atoms with E-state index in [-0.39, 0.29) is 27.6 Å². The molecule has 4 aliphatic rings. The van der Waals surface area contributed by atoms with E-state index in [1.54, 1.807) is 12.1 Å². The number of fused-ring (bicyclic) bond motifs is 2. The average molecular weight is 519 g/mol. The van der Waals surface area contributed by atoms with Crippen LogP contribution in [0, 0.1) is 11.3 Å². The third-order valence-corrected chi connectivity index (χ3v) is 15.4. The van der Waals surface area contributed by atoms with Crippen molar-refractivity contribution in [2.45, 2.75) is 108 Å². The van der Waals surface area contributed by atoms with Crippen molar-refractivity contribution >= 4 is 14.3 Å². The van der Waals surface area contributed by atoms with E-state index in [1.165, 1.54) is 17.5 Å². The molecule has 4 nitrogen and oxygen atoms in total. The van der Waals surface area contributed by atoms with Gasteiger partial charge in [0, 0.05) is 6.42 Å². The number of carbonyl (C=O) groups is 1. The highest BCUT2D eigenvalue weighted by molar-refractivity contribution is 6.74. The van der Waals surface area contributed by atoms with Gasteiger partial charge in [-0.3, -0.25) is 0 Å². The molecule has 1 saturated heterocycles. The largest absolute Gasteiger partial charge is 0.423 e. The zero-order chi connectivity index (χ0) is 26.3. The van der Waals surface area contributed by atoms with Crippen LogP contribution in [0.15, 0.2) is 48.5 Å². The second-order valence-corrected chi connectivity index (χ2v) is 18.6. The smallest absolute Gasteiger partial charge is 0.343 e. The highest BCUT2D eigenvalue weighted by Gasteiger charge is 2.79. The fourth-order valence-corrected chi connectivity index (χ4v) is 9.10. The Kier molecular flexibility index (Phi) is 5.66. The normalized spacial score (nSPS) is 34.4. The number of hydrogen-bond acceptors (Lipinski definition) is 4. The lowest BCUT2D eigenvalue weighted by Crippen LogP contribution is -2.53. The van der Waals surface area contributed by atoms with Gasteiger partial charge in [-0.15, -0.1) is 0 Å². The van der Waals surface area contributed by atoms with E-state index in [9.17, 15) is 4.79 Å². The molecule has 198 valence electrons. The Hall–Kier alpha value is -1.95. The summed E-state index contributed by atoms with van der Waals surface area (Å²) >= 11 is 0. The molecule has 0 bridgehead atoms. The molecule has 0 spiro atoms. The van der Waals surface area contributed by atoms with Gasteiger partial charge in [0.25, 0.3) is 0 Å². The van der Waals surface area contributed by atoms with Crippen molar-refractivity contribution in [2.24, 2.45) is 11.3 Å². The Labute approximate surface area is 223 Å². The highest BCUT2D eigenvalue weighted by atomic mass is 28.4. The molecule has 6 rings (SSSR count). The predicted octanol–water partition coefficient (Wildman–Crippen LogP) is 7.50. The van der Waals surface area contributed by atoms with Crippen molar-refractivity contribution in [3.8, 4) is 5.75 Å². The minimum Gasteiger partial charge on any atom is -0.423 e. The fraction of sp³-hybridized carbons (Fsp3) is 0.594. The lowest BCUT2D eigenvalue weighted by molar-refractivity contribution is -0.000249. The van der Waals surface area contributed by atoms with Gasteiger partial charge in [0.2, 0.25) is 0 Å². The zero-order valence-corrected chi connectivity index (χ0v) is 24.4. The maximum atomic E-state index is 12.6. The van der Waals surface area contributed by atoms with E-state index in [1.807, 2.05) is 24.3 Å². The van der Waals surface area contributed by atoms with Crippen LogP contribution in [0.5, 0.6) is 5.75 Å². The van der Waals surface area contributed by atoms with Crippen molar-refractivity contribution < 1.29 is 18.7 Å². The number of rotatable bonds is 4. The van der Waals surface area contributed by atoms with Crippen molar-refractivity contribution in [1.82, 2.24) is 0 Å². The zero-order valence-electron chi connectivity index (χ0n) is 23.4. The third kappa shape index (κ3) is 3.87. The van der Waals surface area contributed by atoms with Crippen LogP contribution in [0.2, 0.25) is 18.1 Å². The first kappa shape index (κ1) is 25.3. The number of epoxide rings is 1. The summed E-state index contributed by atoms with van der Waals surface area (Å²) in [5.41, 5.74) is 3.31. The molecule has 0 radical (unpaired) electrons. The monoisotopic (exact) mass is 518 g/mol. The molecule has 5 heteroatoms. The molecule has 1 aliphatic heterocycles. The van der Waals surface area contributed by atoms with Gasteiger partial charge in [-0.05, 0) is 103 Å². The van der Waals surface area contributed by atoms with Gasteiger partial charge in [-0.2, -0.15) is 0 Å². The predicted molar refractivity (Wildman–Crippen MR) is 149 cm³/mol. The van der Waals surface area contributed by atoms with Gasteiger partial charge >= 0.3 is 5.97 Å². The molecular formula is C32H42O4Si. The SMILES string of the molecule is CC(C)(C)[Si](C)(C)OC1CC[C@H]2[C@@]34CCc5ccc(OC(=O)c6ccccc6)cc5C[C@]3(CC[C@]12C)O4. The van der Waals surface area contributed by atoms with Crippen LogP contribution >= 0.6 is 0 Å². The summed E-state index contributed by atoms with van der Waals surface area (Å²) in [6.07, 6.45) is 7.96. The van der Waals surface area contributed by atoms with Crippen LogP contribution in [0.4, 0.5) is 0 Å². The van der Waals surface area contributed by atoms with Gasteiger partial charge in [0.05, 0.1) is 11.7 Å². The number of benzene rings is 2. The number of esters is 1. The van der Waals surface area contributed by atoms with Crippen molar-refractivity contribution in [3.05, 3.63) is 65.2 Å². The molecule has 5 atom stereocenters. The van der Waals surface area contributed by atoms with Crippen LogP contribution in [-0.4, -0.2) is 31.6 Å². The first-order valence-electron chi connectivity index (χ1n) is 14.2. The van der Waals surface area contributed by atoms with Crippen molar-refractivity contribution in [1.29, 1.82) is 0 Å². The first-order chi connectivity index (χ1) is 17.4. The van der Waals surface area contributed by atoms with Crippen LogP contribution in [0.1, 0.15) is 81.3 Å².